The summed E-state index contributed by atoms with van der Waals surface area (Å²) in [6.45, 7) is 43.8. The van der Waals surface area contributed by atoms with Crippen LogP contribution >= 0.6 is 12.2 Å². The lowest BCUT2D eigenvalue weighted by atomic mass is 9.95. The monoisotopic (exact) mass is 1920 g/mol. The minimum atomic E-state index is -1.69. The van der Waals surface area contributed by atoms with E-state index < -0.39 is 126 Å². The molecule has 0 aliphatic carbocycles. The number of alkyl halides is 2. The number of thiocarbonyl (C=S) groups is 1. The number of rotatable bonds is 14. The third-order valence-corrected chi connectivity index (χ3v) is 25.0. The maximum Gasteiger partial charge on any atom is 0.305 e. The highest BCUT2D eigenvalue weighted by Crippen LogP contribution is 2.44. The first-order valence-corrected chi connectivity index (χ1v) is 47.5. The SMILES string of the molecule is C#CC1(F)C[C@@H](CC)O[C@H]1C.C#CC1(F)C[C@@H](CO)O[C@H]1C.C#CC1(O)C[C@@H](CC)O[C@H]1C.CC1(C)OC2[C@@H](O[C@H](CO)[C@@H]2O)O1.CC[C@@H]1CC(=O)[C@H](C)O1.CC[C@@H]1CC(O)[C@H](C)O1.CC[C@@H]1CC(OC(C)=O)[C@H](OC(C)=O)O1.CC[C@@H]1CC2OC(C)(C)O[C@@H]2O1.CC[C@H]1O[C@H]2OC(C)(C)OC2[C@H]1O.CC[C@H]1O[C@H]2OC(C)(C)OC2[C@H]1OC(=S)n1ccnc1.C[C@@H]1O[C@H](CO)CC1O. The number of ether oxygens (including phenoxy) is 22. The molecule has 0 radical (unpaired) electrons. The van der Waals surface area contributed by atoms with Crippen LogP contribution in [0.25, 0.3) is 0 Å². The molecule has 0 aromatic carbocycles. The van der Waals surface area contributed by atoms with Crippen molar-refractivity contribution in [3.05, 3.63) is 18.7 Å². The second-order valence-corrected chi connectivity index (χ2v) is 37.5. The van der Waals surface area contributed by atoms with Crippen LogP contribution in [-0.2, 0) is 119 Å². The van der Waals surface area contributed by atoms with Crippen molar-refractivity contribution in [3.63, 3.8) is 0 Å². The van der Waals surface area contributed by atoms with Gasteiger partial charge in [0, 0.05) is 77.6 Å². The zero-order chi connectivity index (χ0) is 99.8. The van der Waals surface area contributed by atoms with E-state index >= 15 is 0 Å². The van der Waals surface area contributed by atoms with Crippen molar-refractivity contribution in [2.45, 2.75) is 505 Å². The fraction of sp³-hybridized carbons (Fsp3) is 0.863. The van der Waals surface area contributed by atoms with E-state index in [1.54, 1.807) is 57.9 Å². The summed E-state index contributed by atoms with van der Waals surface area (Å²) in [5, 5.41) is 73.7. The van der Waals surface area contributed by atoms with Crippen LogP contribution in [0.2, 0.25) is 0 Å². The van der Waals surface area contributed by atoms with Gasteiger partial charge in [0.15, 0.2) is 89.3 Å². The van der Waals surface area contributed by atoms with E-state index in [4.69, 9.17) is 156 Å². The summed E-state index contributed by atoms with van der Waals surface area (Å²) in [6, 6.07) is 0. The molecule has 0 amide bonds. The normalized spacial score (nSPS) is 41.2. The molecule has 35 atom stereocenters. The number of nitrogens with zero attached hydrogens (tertiary/aromatic N) is 2. The number of Topliss-reactive ketones (excluding diaryl/α,β-unsaturated/α-hetero) is 1. The Morgan fingerprint density at radius 2 is 0.902 bits per heavy atom. The van der Waals surface area contributed by atoms with Gasteiger partial charge < -0.3 is 145 Å². The van der Waals surface area contributed by atoms with Gasteiger partial charge in [-0.05, 0) is 161 Å². The number of terminal acetylenes is 3. The molecule has 133 heavy (non-hydrogen) atoms. The Kier molecular flexibility index (Phi) is 46.2. The van der Waals surface area contributed by atoms with Gasteiger partial charge in [-0.2, -0.15) is 0 Å². The Bertz CT molecular complexity index is 3570. The minimum absolute atomic E-state index is 0.00560. The van der Waals surface area contributed by atoms with E-state index in [9.17, 15) is 43.6 Å². The molecule has 15 fully saturated rings. The Labute approximate surface area is 790 Å². The molecule has 15 aliphatic rings. The number of aromatic nitrogens is 2. The number of aliphatic hydroxyl groups excluding tert-OH is 7. The predicted molar refractivity (Wildman–Crippen MR) is 481 cm³/mol. The number of hydrogen-bond donors (Lipinski definition) is 8. The summed E-state index contributed by atoms with van der Waals surface area (Å²) in [7, 11) is 0. The van der Waals surface area contributed by atoms with Crippen LogP contribution in [0.3, 0.4) is 0 Å². The summed E-state index contributed by atoms with van der Waals surface area (Å²) < 4.78 is 148. The second-order valence-electron chi connectivity index (χ2n) is 37.2. The van der Waals surface area contributed by atoms with E-state index in [1.807, 2.05) is 104 Å². The van der Waals surface area contributed by atoms with Gasteiger partial charge in [0.05, 0.1) is 105 Å². The molecule has 38 heteroatoms. The number of aliphatic hydroxyl groups is 8. The van der Waals surface area contributed by atoms with E-state index in [0.29, 0.717) is 49.5 Å². The van der Waals surface area contributed by atoms with Crippen molar-refractivity contribution >= 4 is 35.1 Å². The zero-order valence-electron chi connectivity index (χ0n) is 82.2. The number of halogens is 2. The molecule has 764 valence electrons. The molecule has 16 heterocycles. The highest BCUT2D eigenvalue weighted by molar-refractivity contribution is 7.80. The Morgan fingerprint density at radius 3 is 1.26 bits per heavy atom. The van der Waals surface area contributed by atoms with Crippen LogP contribution in [0.15, 0.2) is 18.7 Å². The highest BCUT2D eigenvalue weighted by Gasteiger charge is 2.58. The molecule has 0 spiro atoms. The number of imidazole rings is 1. The first kappa shape index (κ1) is 117. The topological polar surface area (TPSA) is 434 Å². The average molecular weight is 1920 g/mol. The summed E-state index contributed by atoms with van der Waals surface area (Å²) in [6.07, 6.45) is 24.2. The van der Waals surface area contributed by atoms with E-state index in [1.165, 1.54) is 13.8 Å². The average Bonchev–Trinajstić information content (AvgIpc) is 1.62. The summed E-state index contributed by atoms with van der Waals surface area (Å²) in [5.41, 5.74) is -4.24. The summed E-state index contributed by atoms with van der Waals surface area (Å²) in [5.74, 6) is 3.57. The molecular weight excluding hydrogens is 1770 g/mol. The molecule has 0 saturated carbocycles. The van der Waals surface area contributed by atoms with Crippen molar-refractivity contribution < 1.29 is 168 Å². The van der Waals surface area contributed by atoms with E-state index in [0.717, 1.165) is 64.2 Å². The third kappa shape index (κ3) is 34.0. The molecule has 8 N–H and O–H groups in total. The number of ketones is 1. The van der Waals surface area contributed by atoms with Gasteiger partial charge >= 0.3 is 11.9 Å². The van der Waals surface area contributed by atoms with Gasteiger partial charge in [-0.25, -0.2) is 13.8 Å². The molecule has 35 nitrogen and oxygen atoms in total. The zero-order valence-corrected chi connectivity index (χ0v) is 83.0. The van der Waals surface area contributed by atoms with E-state index in [2.05, 4.69) is 36.6 Å². The first-order valence-electron chi connectivity index (χ1n) is 47.0. The lowest BCUT2D eigenvalue weighted by molar-refractivity contribution is -0.218. The Hall–Kier alpha value is -4.83. The number of esters is 2. The standard InChI is InChI=1S/C13H18N2O4S.C10H16O5.C9H13FO.C9H16O4.C9H16O3.C9H14O2.C8H11FO2.C8H14O5.C7H14O2.C7H12O2.C6H12O3/c1-4-8-9(17-12(20)15-6-5-14-7-15)10-11(16-8)19-13(2,3)18-10;1-4-8-5-9(13-6(2)11)10(15-8)14-7(3)12;1-4-8-6-9(10,5-2)7(3)11-8;1-4-5-6(10)7-8(11-5)13-9(2,3)12-7;1-4-6-5-7-8(10-6)12-9(2,3)11-7;1-4-8-6-9(10,5-2)7(3)11-8;1-3-8(9)4-7(5-10)11-6(8)2;1-8(2)12-6-5(10)4(3-9)11-7(6)13-8;2*1-3-6-4-7(8)5(2)9-6;1-4-6(8)2-5(3-7)9-4/h5-11H,4H2,1-3H3;8-10H,4-5H2,1-3H3;2,7-8H,4,6H2,1,3H3;5-8,10H,4H2,1-3H3;6-8H,4-5H2,1-3H3;2,7-8,10H,4,6H2,1,3H3;1,6-7,10H,4-5H2,2H3;4-7,9-10H,3H2,1-2H3;5-8H,3-4H2,1-2H3;5-6H,3-4H2,1-2H3;4-8H,2-3H2,1H3/t8-,9+,10?,11+;8-,9?,10-;7-,8+,9?;5-,6+,7?,8+;6-,7?,8+;7-,8+,9?;6-,7-,8?;4-,5+,6?,7+;5-,6+,7?;5-,6+;4-,5-,6?/m11011001000/s1. The van der Waals surface area contributed by atoms with Crippen LogP contribution in [-0.4, -0.2) is 329 Å². The fourth-order valence-corrected chi connectivity index (χ4v) is 17.0. The van der Waals surface area contributed by atoms with Gasteiger partial charge in [-0.3, -0.25) is 19.0 Å². The summed E-state index contributed by atoms with van der Waals surface area (Å²) in [4.78, 5) is 36.4. The van der Waals surface area contributed by atoms with Gasteiger partial charge in [0.1, 0.15) is 67.4 Å². The molecule has 16 rings (SSSR count). The molecule has 1 aromatic heterocycles. The molecule has 15 saturated heterocycles. The van der Waals surface area contributed by atoms with Crippen LogP contribution in [0.1, 0.15) is 269 Å². The minimum Gasteiger partial charge on any atom is -0.461 e. The van der Waals surface area contributed by atoms with Crippen LogP contribution in [0.5, 0.6) is 0 Å². The molecule has 0 bridgehead atoms. The van der Waals surface area contributed by atoms with Crippen LogP contribution in [0.4, 0.5) is 8.78 Å². The number of carbonyl (C=O) groups is 3. The van der Waals surface area contributed by atoms with Crippen molar-refractivity contribution in [3.8, 4) is 37.0 Å². The predicted octanol–water partition coefficient (Wildman–Crippen LogP) is 9.15. The number of carbonyl (C=O) groups excluding carboxylic acids is 3. The van der Waals surface area contributed by atoms with Crippen LogP contribution < -0.4 is 0 Å². The quantitative estimate of drug-likeness (QED) is 0.0488. The van der Waals surface area contributed by atoms with Crippen molar-refractivity contribution in [1.82, 2.24) is 9.55 Å². The number of fused-ring (bicyclic) bond motifs is 4. The third-order valence-electron chi connectivity index (χ3n) is 24.7. The van der Waals surface area contributed by atoms with Gasteiger partial charge in [0.25, 0.3) is 5.17 Å². The summed E-state index contributed by atoms with van der Waals surface area (Å²) >= 11 is 5.28. The smallest absolute Gasteiger partial charge is 0.305 e. The van der Waals surface area contributed by atoms with E-state index in [-0.39, 0.29) is 142 Å². The largest absolute Gasteiger partial charge is 0.461 e. The molecule has 10 unspecified atom stereocenters. The maximum atomic E-state index is 13.5. The molecule has 15 aliphatic heterocycles. The molecular formula is C95H156F2N2O33S. The second kappa shape index (κ2) is 52.6. The Balaban J connectivity index is 0.000000227. The van der Waals surface area contributed by atoms with Gasteiger partial charge in [0.2, 0.25) is 6.29 Å². The van der Waals surface area contributed by atoms with Gasteiger partial charge in [-0.1, -0.05) is 73.2 Å². The maximum absolute atomic E-state index is 13.5. The Morgan fingerprint density at radius 1 is 0.474 bits per heavy atom. The first-order chi connectivity index (χ1) is 62.3. The van der Waals surface area contributed by atoms with Crippen molar-refractivity contribution in [2.75, 3.05) is 19.8 Å². The highest BCUT2D eigenvalue weighted by atomic mass is 32.1. The number of hydrogen-bond acceptors (Lipinski definition) is 35. The lowest BCUT2D eigenvalue weighted by Gasteiger charge is -2.25. The van der Waals surface area contributed by atoms with Crippen LogP contribution in [0, 0.1) is 37.0 Å². The van der Waals surface area contributed by atoms with Crippen molar-refractivity contribution in [2.24, 2.45) is 0 Å². The fourth-order valence-electron chi connectivity index (χ4n) is 16.8. The lowest BCUT2D eigenvalue weighted by Crippen LogP contribution is -2.38. The van der Waals surface area contributed by atoms with Gasteiger partial charge in [-0.15, -0.1) is 19.3 Å². The van der Waals surface area contributed by atoms with Crippen molar-refractivity contribution in [1.29, 1.82) is 0 Å². The molecule has 1 aromatic rings.